The fourth-order valence-corrected chi connectivity index (χ4v) is 4.00. The number of ether oxygens (including phenoxy) is 1. The fourth-order valence-electron chi connectivity index (χ4n) is 4.00. The first-order valence-corrected chi connectivity index (χ1v) is 9.23. The normalized spacial score (nSPS) is 23.0. The zero-order valence-electron chi connectivity index (χ0n) is 15.3. The highest BCUT2D eigenvalue weighted by Crippen LogP contribution is 2.38. The van der Waals surface area contributed by atoms with Crippen molar-refractivity contribution in [2.75, 3.05) is 18.6 Å². The summed E-state index contributed by atoms with van der Waals surface area (Å²) in [7, 11) is 1.64. The summed E-state index contributed by atoms with van der Waals surface area (Å²) in [6.07, 6.45) is 5.08. The summed E-state index contributed by atoms with van der Waals surface area (Å²) in [6, 6.07) is 10.6. The molecule has 1 saturated heterocycles. The standard InChI is InChI=1S/C20H26N2O4/c1-3-4-6-18-20(22(23)24)17(19-7-5-14-26-19)12-13-21(18)15-8-10-16(25-2)11-9-15/h5,7-11,14,17-18,20H,3-4,6,12-13H2,1-2H3/t17-,18-,20+/m0/s1. The zero-order chi connectivity index (χ0) is 18.5. The molecule has 1 fully saturated rings. The lowest BCUT2D eigenvalue weighted by Gasteiger charge is -2.42. The Morgan fingerprint density at radius 3 is 2.65 bits per heavy atom. The third kappa shape index (κ3) is 3.69. The molecular formula is C20H26N2O4. The average molecular weight is 358 g/mol. The number of hydrogen-bond acceptors (Lipinski definition) is 5. The van der Waals surface area contributed by atoms with Gasteiger partial charge in [0.25, 0.3) is 0 Å². The van der Waals surface area contributed by atoms with Crippen molar-refractivity contribution in [3.05, 3.63) is 58.5 Å². The summed E-state index contributed by atoms with van der Waals surface area (Å²) >= 11 is 0. The number of benzene rings is 1. The van der Waals surface area contributed by atoms with E-state index in [0.717, 1.165) is 43.0 Å². The van der Waals surface area contributed by atoms with Crippen LogP contribution in [0.3, 0.4) is 0 Å². The van der Waals surface area contributed by atoms with Crippen LogP contribution in [0.1, 0.15) is 44.3 Å². The van der Waals surface area contributed by atoms with E-state index in [1.54, 1.807) is 13.4 Å². The molecule has 0 radical (unpaired) electrons. The van der Waals surface area contributed by atoms with E-state index in [0.29, 0.717) is 6.42 Å². The van der Waals surface area contributed by atoms with Gasteiger partial charge in [0, 0.05) is 17.2 Å². The monoisotopic (exact) mass is 358 g/mol. The van der Waals surface area contributed by atoms with Gasteiger partial charge in [-0.05, 0) is 49.2 Å². The molecule has 0 N–H and O–H groups in total. The molecule has 0 saturated carbocycles. The van der Waals surface area contributed by atoms with Gasteiger partial charge in [0.2, 0.25) is 6.04 Å². The van der Waals surface area contributed by atoms with E-state index in [1.165, 1.54) is 0 Å². The molecule has 6 nitrogen and oxygen atoms in total. The Bertz CT molecular complexity index is 699. The van der Waals surface area contributed by atoms with Crippen molar-refractivity contribution >= 4 is 5.69 Å². The molecule has 3 rings (SSSR count). The van der Waals surface area contributed by atoms with Gasteiger partial charge in [0.05, 0.1) is 25.3 Å². The summed E-state index contributed by atoms with van der Waals surface area (Å²) in [5, 5.41) is 12.0. The van der Waals surface area contributed by atoms with E-state index in [9.17, 15) is 10.1 Å². The number of nitro groups is 1. The van der Waals surface area contributed by atoms with Crippen molar-refractivity contribution in [2.24, 2.45) is 0 Å². The van der Waals surface area contributed by atoms with E-state index in [-0.39, 0.29) is 16.9 Å². The summed E-state index contributed by atoms with van der Waals surface area (Å²) in [6.45, 7) is 2.89. The minimum absolute atomic E-state index is 0.108. The van der Waals surface area contributed by atoms with Gasteiger partial charge in [-0.3, -0.25) is 10.1 Å². The first-order chi connectivity index (χ1) is 12.7. The van der Waals surface area contributed by atoms with Crippen molar-refractivity contribution < 1.29 is 14.1 Å². The molecular weight excluding hydrogens is 332 g/mol. The van der Waals surface area contributed by atoms with Crippen molar-refractivity contribution in [1.29, 1.82) is 0 Å². The zero-order valence-corrected chi connectivity index (χ0v) is 15.3. The number of nitrogens with zero attached hydrogens (tertiary/aromatic N) is 2. The van der Waals surface area contributed by atoms with Gasteiger partial charge < -0.3 is 14.1 Å². The lowest BCUT2D eigenvalue weighted by molar-refractivity contribution is -0.532. The predicted octanol–water partition coefficient (Wildman–Crippen LogP) is 4.49. The van der Waals surface area contributed by atoms with E-state index < -0.39 is 6.04 Å². The van der Waals surface area contributed by atoms with Crippen molar-refractivity contribution in [3.8, 4) is 5.75 Å². The Labute approximate surface area is 153 Å². The molecule has 1 aliphatic heterocycles. The van der Waals surface area contributed by atoms with E-state index in [1.807, 2.05) is 36.4 Å². The fraction of sp³-hybridized carbons (Fsp3) is 0.500. The number of hydrogen-bond donors (Lipinski definition) is 0. The molecule has 6 heteroatoms. The van der Waals surface area contributed by atoms with Crippen LogP contribution < -0.4 is 9.64 Å². The van der Waals surface area contributed by atoms with Crippen LogP contribution in [0.2, 0.25) is 0 Å². The maximum absolute atomic E-state index is 12.0. The van der Waals surface area contributed by atoms with Gasteiger partial charge in [-0.15, -0.1) is 0 Å². The second-order valence-electron chi connectivity index (χ2n) is 6.79. The van der Waals surface area contributed by atoms with Crippen LogP contribution >= 0.6 is 0 Å². The maximum Gasteiger partial charge on any atom is 0.242 e. The number of anilines is 1. The van der Waals surface area contributed by atoms with E-state index >= 15 is 0 Å². The summed E-state index contributed by atoms with van der Waals surface area (Å²) in [5.41, 5.74) is 1.01. The Morgan fingerprint density at radius 2 is 2.08 bits per heavy atom. The Morgan fingerprint density at radius 1 is 1.31 bits per heavy atom. The second-order valence-corrected chi connectivity index (χ2v) is 6.79. The molecule has 0 aliphatic carbocycles. The quantitative estimate of drug-likeness (QED) is 0.539. The first-order valence-electron chi connectivity index (χ1n) is 9.23. The topological polar surface area (TPSA) is 68.8 Å². The van der Waals surface area contributed by atoms with Crippen LogP contribution in [0, 0.1) is 10.1 Å². The van der Waals surface area contributed by atoms with Crippen LogP contribution in [0.15, 0.2) is 47.1 Å². The molecule has 0 spiro atoms. The molecule has 2 heterocycles. The molecule has 1 aliphatic rings. The molecule has 3 atom stereocenters. The predicted molar refractivity (Wildman–Crippen MR) is 101 cm³/mol. The SMILES string of the molecule is CCCC[C@H]1[C@H]([N+](=O)[O-])[C@H](c2ccco2)CCN1c1ccc(OC)cc1. The van der Waals surface area contributed by atoms with Crippen molar-refractivity contribution in [1.82, 2.24) is 0 Å². The lowest BCUT2D eigenvalue weighted by Crippen LogP contribution is -2.55. The average Bonchev–Trinajstić information content (AvgIpc) is 3.20. The van der Waals surface area contributed by atoms with Crippen LogP contribution in [0.5, 0.6) is 5.75 Å². The number of rotatable bonds is 7. The largest absolute Gasteiger partial charge is 0.497 e. The molecule has 1 aromatic carbocycles. The van der Waals surface area contributed by atoms with Crippen molar-refractivity contribution in [3.63, 3.8) is 0 Å². The summed E-state index contributed by atoms with van der Waals surface area (Å²) in [5.74, 6) is 1.33. The van der Waals surface area contributed by atoms with Crippen LogP contribution in [-0.4, -0.2) is 30.7 Å². The maximum atomic E-state index is 12.0. The highest BCUT2D eigenvalue weighted by atomic mass is 16.6. The highest BCUT2D eigenvalue weighted by Gasteiger charge is 2.47. The Kier molecular flexibility index (Phi) is 5.81. The molecule has 0 amide bonds. The van der Waals surface area contributed by atoms with Gasteiger partial charge in [0.15, 0.2) is 0 Å². The van der Waals surface area contributed by atoms with E-state index in [2.05, 4.69) is 11.8 Å². The van der Waals surface area contributed by atoms with Gasteiger partial charge in [0.1, 0.15) is 11.5 Å². The minimum Gasteiger partial charge on any atom is -0.497 e. The molecule has 0 unspecified atom stereocenters. The molecule has 0 bridgehead atoms. The smallest absolute Gasteiger partial charge is 0.242 e. The van der Waals surface area contributed by atoms with Gasteiger partial charge in [-0.25, -0.2) is 0 Å². The lowest BCUT2D eigenvalue weighted by atomic mass is 9.81. The summed E-state index contributed by atoms with van der Waals surface area (Å²) < 4.78 is 10.8. The van der Waals surface area contributed by atoms with Crippen LogP contribution in [-0.2, 0) is 0 Å². The molecule has 2 aromatic rings. The molecule has 140 valence electrons. The van der Waals surface area contributed by atoms with Gasteiger partial charge >= 0.3 is 0 Å². The number of furan rings is 1. The van der Waals surface area contributed by atoms with Crippen LogP contribution in [0.25, 0.3) is 0 Å². The summed E-state index contributed by atoms with van der Waals surface area (Å²) in [4.78, 5) is 14.1. The Hall–Kier alpha value is -2.50. The van der Waals surface area contributed by atoms with Crippen molar-refractivity contribution in [2.45, 2.75) is 50.6 Å². The number of piperidine rings is 1. The van der Waals surface area contributed by atoms with Crippen LogP contribution in [0.4, 0.5) is 5.69 Å². The van der Waals surface area contributed by atoms with Gasteiger partial charge in [-0.2, -0.15) is 0 Å². The molecule has 1 aromatic heterocycles. The minimum atomic E-state index is -0.677. The highest BCUT2D eigenvalue weighted by molar-refractivity contribution is 5.51. The van der Waals surface area contributed by atoms with Gasteiger partial charge in [-0.1, -0.05) is 19.8 Å². The number of unbranched alkanes of at least 4 members (excludes halogenated alkanes) is 1. The third-order valence-corrected chi connectivity index (χ3v) is 5.30. The Balaban J connectivity index is 1.93. The second kappa shape index (κ2) is 8.25. The molecule has 26 heavy (non-hydrogen) atoms. The first kappa shape index (κ1) is 18.3. The third-order valence-electron chi connectivity index (χ3n) is 5.30. The van der Waals surface area contributed by atoms with E-state index in [4.69, 9.17) is 9.15 Å². The number of methoxy groups -OCH3 is 1.